The van der Waals surface area contributed by atoms with E-state index in [9.17, 15) is 9.90 Å². The van der Waals surface area contributed by atoms with Crippen LogP contribution in [-0.4, -0.2) is 54.7 Å². The highest BCUT2D eigenvalue weighted by atomic mass is 35.5. The molecule has 6 nitrogen and oxygen atoms in total. The summed E-state index contributed by atoms with van der Waals surface area (Å²) in [4.78, 5) is 17.4. The molecule has 192 valence electrons. The molecular weight excluding hydrogens is 486 g/mol. The van der Waals surface area contributed by atoms with Gasteiger partial charge in [0.05, 0.1) is 5.02 Å². The number of hydrogen-bond acceptors (Lipinski definition) is 5. The first-order valence-corrected chi connectivity index (χ1v) is 12.8. The predicted octanol–water partition coefficient (Wildman–Crippen LogP) is 5.35. The largest absolute Gasteiger partial charge is 0.508 e. The molecule has 0 fully saturated rings. The van der Waals surface area contributed by atoms with E-state index in [0.717, 1.165) is 52.8 Å². The number of hydrogen-bond donors (Lipinski definition) is 2. The number of phenols is 1. The number of carbonyl (C=O) groups excluding carboxylic acids is 1. The summed E-state index contributed by atoms with van der Waals surface area (Å²) in [5, 5.41) is 13.9. The van der Waals surface area contributed by atoms with Crippen LogP contribution in [0.25, 0.3) is 11.1 Å². The number of carbonyl (C=O) groups is 1. The highest BCUT2D eigenvalue weighted by Crippen LogP contribution is 2.41. The Morgan fingerprint density at radius 1 is 1.11 bits per heavy atom. The Labute approximate surface area is 223 Å². The van der Waals surface area contributed by atoms with E-state index in [-0.39, 0.29) is 11.7 Å². The summed E-state index contributed by atoms with van der Waals surface area (Å²) in [5.74, 6) is 1.04. The van der Waals surface area contributed by atoms with Gasteiger partial charge in [-0.05, 0) is 83.0 Å². The van der Waals surface area contributed by atoms with Crippen LogP contribution in [0.4, 0.5) is 0 Å². The van der Waals surface area contributed by atoms with Crippen molar-refractivity contribution in [2.75, 3.05) is 33.8 Å². The van der Waals surface area contributed by atoms with Crippen LogP contribution in [0.2, 0.25) is 5.02 Å². The Balaban J connectivity index is 1.51. The zero-order valence-corrected chi connectivity index (χ0v) is 22.0. The van der Waals surface area contributed by atoms with Gasteiger partial charge in [-0.2, -0.15) is 0 Å². The van der Waals surface area contributed by atoms with Gasteiger partial charge in [-0.1, -0.05) is 35.9 Å². The zero-order valence-electron chi connectivity index (χ0n) is 21.2. The van der Waals surface area contributed by atoms with Gasteiger partial charge in [0, 0.05) is 45.7 Å². The Morgan fingerprint density at radius 3 is 2.68 bits per heavy atom. The molecule has 0 spiro atoms. The molecule has 0 unspecified atom stereocenters. The average Bonchev–Trinajstić information content (AvgIpc) is 3.07. The van der Waals surface area contributed by atoms with E-state index in [4.69, 9.17) is 16.3 Å². The predicted molar refractivity (Wildman–Crippen MR) is 149 cm³/mol. The fraction of sp³-hybridized carbons (Fsp3) is 0.267. The number of aromatic hydroxyl groups is 1. The fourth-order valence-corrected chi connectivity index (χ4v) is 4.60. The van der Waals surface area contributed by atoms with Gasteiger partial charge < -0.3 is 20.1 Å². The van der Waals surface area contributed by atoms with Crippen molar-refractivity contribution in [1.82, 2.24) is 15.2 Å². The quantitative estimate of drug-likeness (QED) is 0.296. The first kappa shape index (κ1) is 26.5. The topological polar surface area (TPSA) is 74.7 Å². The van der Waals surface area contributed by atoms with E-state index >= 15 is 0 Å². The minimum absolute atomic E-state index is 0.0314. The number of amides is 1. The lowest BCUT2D eigenvalue weighted by Crippen LogP contribution is -2.22. The molecule has 1 aliphatic rings. The van der Waals surface area contributed by atoms with Crippen LogP contribution >= 0.6 is 11.6 Å². The zero-order chi connectivity index (χ0) is 26.2. The number of likely N-dealkylation sites (N-methyl/N-ethyl adjacent to an activating group) is 1. The van der Waals surface area contributed by atoms with Crippen LogP contribution in [0.3, 0.4) is 0 Å². The monoisotopic (exact) mass is 517 g/mol. The lowest BCUT2D eigenvalue weighted by Gasteiger charge is -2.17. The Morgan fingerprint density at radius 2 is 1.92 bits per heavy atom. The normalized spacial score (nSPS) is 13.4. The molecule has 1 aliphatic carbocycles. The molecule has 0 aliphatic heterocycles. The van der Waals surface area contributed by atoms with Crippen molar-refractivity contribution in [2.24, 2.45) is 0 Å². The van der Waals surface area contributed by atoms with E-state index in [1.165, 1.54) is 10.5 Å². The molecule has 0 saturated heterocycles. The molecule has 0 bridgehead atoms. The minimum atomic E-state index is -0.0314. The second-order valence-electron chi connectivity index (χ2n) is 9.15. The van der Waals surface area contributed by atoms with E-state index in [1.54, 1.807) is 32.4 Å². The molecule has 0 saturated carbocycles. The maximum atomic E-state index is 11.5. The van der Waals surface area contributed by atoms with Crippen LogP contribution in [0, 0.1) is 0 Å². The van der Waals surface area contributed by atoms with E-state index in [1.807, 2.05) is 42.6 Å². The molecule has 2 aromatic carbocycles. The van der Waals surface area contributed by atoms with Crippen LogP contribution in [0.1, 0.15) is 35.1 Å². The first-order chi connectivity index (χ1) is 17.9. The molecule has 2 N–H and O–H groups in total. The molecule has 3 aromatic rings. The third-order valence-electron chi connectivity index (χ3n) is 6.24. The van der Waals surface area contributed by atoms with Gasteiger partial charge in [0.15, 0.2) is 0 Å². The number of benzene rings is 2. The lowest BCUT2D eigenvalue weighted by molar-refractivity contribution is -0.123. The van der Waals surface area contributed by atoms with Crippen molar-refractivity contribution in [3.63, 3.8) is 0 Å². The summed E-state index contributed by atoms with van der Waals surface area (Å²) in [6, 6.07) is 15.7. The van der Waals surface area contributed by atoms with Crippen molar-refractivity contribution >= 4 is 28.7 Å². The Bertz CT molecular complexity index is 1300. The van der Waals surface area contributed by atoms with Gasteiger partial charge in [0.2, 0.25) is 5.91 Å². The van der Waals surface area contributed by atoms with E-state index in [0.29, 0.717) is 24.7 Å². The number of rotatable bonds is 9. The third-order valence-corrected chi connectivity index (χ3v) is 6.45. The second-order valence-corrected chi connectivity index (χ2v) is 9.59. The van der Waals surface area contributed by atoms with Crippen molar-refractivity contribution < 1.29 is 14.6 Å². The number of fused-ring (bicyclic) bond motifs is 1. The van der Waals surface area contributed by atoms with Gasteiger partial charge >= 0.3 is 0 Å². The SMILES string of the molecule is CN(C)C(=O)/C=C/CNCCOc1ccc(C2=C(c3cncc(Cl)c3)CCCc3cc(O)ccc32)cc1. The maximum absolute atomic E-state index is 11.5. The number of nitrogens with one attached hydrogen (secondary N) is 1. The standard InChI is InChI=1S/C30H32ClN3O3/c1-34(2)29(36)7-4-14-32-15-16-37-26-11-8-21(9-12-26)30-27(23-17-24(31)20-33-19-23)6-3-5-22-18-25(35)10-13-28(22)30/h4,7-13,17-20,32,35H,3,5-6,14-16H2,1-2H3/b7-4+. The van der Waals surface area contributed by atoms with E-state index < -0.39 is 0 Å². The lowest BCUT2D eigenvalue weighted by atomic mass is 9.88. The Hall–Kier alpha value is -3.61. The number of nitrogens with zero attached hydrogens (tertiary/aromatic N) is 2. The van der Waals surface area contributed by atoms with Crippen LogP contribution in [0.5, 0.6) is 11.5 Å². The number of phenolic OH excluding ortho intramolecular Hbond substituents is 1. The number of halogens is 1. The summed E-state index contributed by atoms with van der Waals surface area (Å²) in [7, 11) is 3.45. The summed E-state index contributed by atoms with van der Waals surface area (Å²) in [6.45, 7) is 1.78. The van der Waals surface area contributed by atoms with Gasteiger partial charge in [0.25, 0.3) is 0 Å². The molecule has 0 atom stereocenters. The molecule has 1 aromatic heterocycles. The number of aromatic nitrogens is 1. The maximum Gasteiger partial charge on any atom is 0.245 e. The average molecular weight is 518 g/mol. The van der Waals surface area contributed by atoms with Gasteiger partial charge in [-0.3, -0.25) is 9.78 Å². The highest BCUT2D eigenvalue weighted by molar-refractivity contribution is 6.30. The Kier molecular flexibility index (Phi) is 8.99. The van der Waals surface area contributed by atoms with Crippen molar-refractivity contribution in [1.29, 1.82) is 0 Å². The second kappa shape index (κ2) is 12.6. The third kappa shape index (κ3) is 7.00. The minimum Gasteiger partial charge on any atom is -0.508 e. The van der Waals surface area contributed by atoms with Crippen molar-refractivity contribution in [3.8, 4) is 11.5 Å². The van der Waals surface area contributed by atoms with Crippen molar-refractivity contribution in [2.45, 2.75) is 19.3 Å². The van der Waals surface area contributed by atoms with Gasteiger partial charge in [0.1, 0.15) is 18.1 Å². The van der Waals surface area contributed by atoms with Gasteiger partial charge in [-0.25, -0.2) is 0 Å². The van der Waals surface area contributed by atoms with E-state index in [2.05, 4.69) is 22.4 Å². The van der Waals surface area contributed by atoms with Crippen LogP contribution in [0.15, 0.2) is 73.1 Å². The smallest absolute Gasteiger partial charge is 0.245 e. The van der Waals surface area contributed by atoms with Gasteiger partial charge in [-0.15, -0.1) is 0 Å². The molecule has 0 radical (unpaired) electrons. The summed E-state index contributed by atoms with van der Waals surface area (Å²) in [5.41, 5.74) is 6.65. The number of allylic oxidation sites excluding steroid dienone is 1. The molecule has 4 rings (SSSR count). The molecule has 37 heavy (non-hydrogen) atoms. The first-order valence-electron chi connectivity index (χ1n) is 12.4. The summed E-state index contributed by atoms with van der Waals surface area (Å²) in [6.07, 6.45) is 9.61. The van der Waals surface area contributed by atoms with Crippen molar-refractivity contribution in [3.05, 3.63) is 100 Å². The highest BCUT2D eigenvalue weighted by Gasteiger charge is 2.21. The number of aryl methyl sites for hydroxylation is 1. The number of ether oxygens (including phenoxy) is 1. The molecule has 7 heteroatoms. The fourth-order valence-electron chi connectivity index (χ4n) is 4.42. The molecule has 1 amide bonds. The van der Waals surface area contributed by atoms with Crippen LogP contribution < -0.4 is 10.1 Å². The molecule has 1 heterocycles. The summed E-state index contributed by atoms with van der Waals surface area (Å²) >= 11 is 6.29. The van der Waals surface area contributed by atoms with Crippen LogP contribution in [-0.2, 0) is 11.2 Å². The number of pyridine rings is 1. The molecular formula is C30H32ClN3O3. The summed E-state index contributed by atoms with van der Waals surface area (Å²) < 4.78 is 5.91.